The molecule has 0 spiro atoms. The number of aryl methyl sites for hydroxylation is 1. The Labute approximate surface area is 202 Å². The molecule has 0 bridgehead atoms. The van der Waals surface area contributed by atoms with Crippen molar-refractivity contribution >= 4 is 35.4 Å². The summed E-state index contributed by atoms with van der Waals surface area (Å²) in [5.41, 5.74) is 3.87. The van der Waals surface area contributed by atoms with E-state index in [1.807, 2.05) is 66.2 Å². The number of ether oxygens (including phenoxy) is 1. The van der Waals surface area contributed by atoms with Crippen LogP contribution in [0.1, 0.15) is 47.4 Å². The summed E-state index contributed by atoms with van der Waals surface area (Å²) in [7, 11) is 1.65. The first kappa shape index (κ1) is 23.1. The molecule has 0 saturated carbocycles. The van der Waals surface area contributed by atoms with Gasteiger partial charge in [-0.15, -0.1) is 21.8 Å². The smallest absolute Gasteiger partial charge is 0.240 e. The Hall–Kier alpha value is -3.09. The number of imidazole rings is 1. The van der Waals surface area contributed by atoms with Gasteiger partial charge >= 0.3 is 0 Å². The first-order chi connectivity index (χ1) is 16.1. The highest BCUT2D eigenvalue weighted by Gasteiger charge is 2.20. The van der Waals surface area contributed by atoms with E-state index in [4.69, 9.17) is 32.4 Å². The van der Waals surface area contributed by atoms with Gasteiger partial charge in [0.2, 0.25) is 11.8 Å². The number of methoxy groups -OCH3 is 1. The summed E-state index contributed by atoms with van der Waals surface area (Å²) in [6.07, 6.45) is 9.08. The summed E-state index contributed by atoms with van der Waals surface area (Å²) in [5, 5.41) is 9.19. The molecule has 0 N–H and O–H groups in total. The number of rotatable bonds is 9. The van der Waals surface area contributed by atoms with Gasteiger partial charge in [0.1, 0.15) is 5.75 Å². The largest absolute Gasteiger partial charge is 0.495 e. The fourth-order valence-electron chi connectivity index (χ4n) is 3.60. The molecular formula is C25H24Cl2N4O2. The minimum Gasteiger partial charge on any atom is -0.495 e. The van der Waals surface area contributed by atoms with Crippen molar-refractivity contribution < 1.29 is 9.15 Å². The first-order valence-electron chi connectivity index (χ1n) is 10.6. The Bertz CT molecular complexity index is 1230. The molecule has 0 radical (unpaired) electrons. The number of benzene rings is 2. The molecule has 0 aliphatic rings. The second kappa shape index (κ2) is 10.7. The lowest BCUT2D eigenvalue weighted by atomic mass is 9.94. The monoisotopic (exact) mass is 482 g/mol. The summed E-state index contributed by atoms with van der Waals surface area (Å²) in [6, 6.07) is 13.6. The van der Waals surface area contributed by atoms with Crippen LogP contribution in [0.25, 0.3) is 17.8 Å². The van der Waals surface area contributed by atoms with Crippen LogP contribution in [-0.2, 0) is 0 Å². The normalized spacial score (nSPS) is 12.4. The van der Waals surface area contributed by atoms with Crippen molar-refractivity contribution in [3.63, 3.8) is 0 Å². The van der Waals surface area contributed by atoms with Crippen LogP contribution >= 0.6 is 23.2 Å². The Morgan fingerprint density at radius 3 is 2.64 bits per heavy atom. The molecule has 170 valence electrons. The van der Waals surface area contributed by atoms with Gasteiger partial charge in [-0.2, -0.15) is 0 Å². The van der Waals surface area contributed by atoms with Crippen LogP contribution in [-0.4, -0.2) is 32.7 Å². The van der Waals surface area contributed by atoms with Gasteiger partial charge < -0.3 is 13.7 Å². The maximum absolute atomic E-state index is 6.04. The van der Waals surface area contributed by atoms with E-state index in [1.165, 1.54) is 0 Å². The zero-order valence-electron chi connectivity index (χ0n) is 18.4. The van der Waals surface area contributed by atoms with Crippen molar-refractivity contribution in [2.75, 3.05) is 13.0 Å². The predicted molar refractivity (Wildman–Crippen MR) is 131 cm³/mol. The van der Waals surface area contributed by atoms with Gasteiger partial charge in [0.25, 0.3) is 0 Å². The minimum absolute atomic E-state index is 0.0336. The van der Waals surface area contributed by atoms with Crippen LogP contribution in [0.5, 0.6) is 5.75 Å². The lowest BCUT2D eigenvalue weighted by Gasteiger charge is -2.12. The van der Waals surface area contributed by atoms with Crippen LogP contribution < -0.4 is 4.74 Å². The molecule has 0 saturated heterocycles. The van der Waals surface area contributed by atoms with E-state index in [0.29, 0.717) is 22.7 Å². The van der Waals surface area contributed by atoms with Gasteiger partial charge in [-0.3, -0.25) is 0 Å². The molecule has 1 atom stereocenters. The maximum atomic E-state index is 6.04. The Morgan fingerprint density at radius 2 is 1.94 bits per heavy atom. The lowest BCUT2D eigenvalue weighted by molar-refractivity contribution is 0.413. The standard InChI is InChI=1S/C25H24Cl2N4O2/c1-17-15-31(16-28-17)22-11-5-18(14-23(22)32-2)6-12-24-29-30-25(33-24)21(4-3-13-26)19-7-9-20(27)10-8-19/h5-12,14-16,21H,3-4,13H2,1-2H3. The highest BCUT2D eigenvalue weighted by molar-refractivity contribution is 6.30. The van der Waals surface area contributed by atoms with Gasteiger partial charge in [-0.05, 0) is 61.2 Å². The molecule has 0 aliphatic heterocycles. The summed E-state index contributed by atoms with van der Waals surface area (Å²) in [4.78, 5) is 4.28. The van der Waals surface area contributed by atoms with E-state index >= 15 is 0 Å². The zero-order valence-corrected chi connectivity index (χ0v) is 19.9. The highest BCUT2D eigenvalue weighted by Crippen LogP contribution is 2.30. The zero-order chi connectivity index (χ0) is 23.2. The minimum atomic E-state index is -0.0336. The second-order valence-electron chi connectivity index (χ2n) is 7.60. The number of nitrogens with zero attached hydrogens (tertiary/aromatic N) is 4. The van der Waals surface area contributed by atoms with Crippen LogP contribution in [0.4, 0.5) is 0 Å². The molecule has 0 fully saturated rings. The fraction of sp³-hybridized carbons (Fsp3) is 0.240. The molecular weight excluding hydrogens is 459 g/mol. The molecule has 1 unspecified atom stereocenters. The van der Waals surface area contributed by atoms with E-state index < -0.39 is 0 Å². The molecule has 33 heavy (non-hydrogen) atoms. The fourth-order valence-corrected chi connectivity index (χ4v) is 3.88. The topological polar surface area (TPSA) is 66.0 Å². The first-order valence-corrected chi connectivity index (χ1v) is 11.5. The number of hydrogen-bond donors (Lipinski definition) is 0. The molecule has 4 rings (SSSR count). The second-order valence-corrected chi connectivity index (χ2v) is 8.42. The number of alkyl halides is 1. The van der Waals surface area contributed by atoms with Crippen molar-refractivity contribution in [3.05, 3.63) is 88.6 Å². The van der Waals surface area contributed by atoms with Gasteiger partial charge in [-0.25, -0.2) is 4.98 Å². The van der Waals surface area contributed by atoms with Crippen LogP contribution in [0.15, 0.2) is 59.4 Å². The SMILES string of the molecule is COc1cc(C=Cc2nnc(C(CCCCl)c3ccc(Cl)cc3)o2)ccc1-n1cnc(C)c1. The Morgan fingerprint density at radius 1 is 1.12 bits per heavy atom. The molecule has 4 aromatic rings. The predicted octanol–water partition coefficient (Wildman–Crippen LogP) is 6.55. The maximum Gasteiger partial charge on any atom is 0.240 e. The number of hydrogen-bond acceptors (Lipinski definition) is 5. The van der Waals surface area contributed by atoms with Crippen molar-refractivity contribution in [1.82, 2.24) is 19.7 Å². The van der Waals surface area contributed by atoms with E-state index in [-0.39, 0.29) is 5.92 Å². The molecule has 2 aromatic heterocycles. The van der Waals surface area contributed by atoms with Crippen LogP contribution in [0.2, 0.25) is 5.02 Å². The molecule has 0 aliphatic carbocycles. The lowest BCUT2D eigenvalue weighted by Crippen LogP contribution is -2.02. The van der Waals surface area contributed by atoms with Crippen molar-refractivity contribution in [3.8, 4) is 11.4 Å². The average Bonchev–Trinajstić information content (AvgIpc) is 3.48. The van der Waals surface area contributed by atoms with E-state index in [9.17, 15) is 0 Å². The van der Waals surface area contributed by atoms with E-state index in [2.05, 4.69) is 15.2 Å². The molecule has 8 heteroatoms. The summed E-state index contributed by atoms with van der Waals surface area (Å²) >= 11 is 12.0. The van der Waals surface area contributed by atoms with E-state index in [0.717, 1.165) is 41.1 Å². The third-order valence-corrected chi connectivity index (χ3v) is 5.78. The quantitative estimate of drug-likeness (QED) is 0.253. The average molecular weight is 483 g/mol. The Kier molecular flexibility index (Phi) is 7.47. The van der Waals surface area contributed by atoms with Gasteiger partial charge in [0.15, 0.2) is 0 Å². The third kappa shape index (κ3) is 5.64. The number of aromatic nitrogens is 4. The van der Waals surface area contributed by atoms with Crippen molar-refractivity contribution in [2.45, 2.75) is 25.7 Å². The number of halogens is 2. The summed E-state index contributed by atoms with van der Waals surface area (Å²) < 4.78 is 13.5. The van der Waals surface area contributed by atoms with Gasteiger partial charge in [0.05, 0.1) is 30.7 Å². The van der Waals surface area contributed by atoms with Crippen molar-refractivity contribution in [1.29, 1.82) is 0 Å². The van der Waals surface area contributed by atoms with Crippen LogP contribution in [0.3, 0.4) is 0 Å². The molecule has 6 nitrogen and oxygen atoms in total. The summed E-state index contributed by atoms with van der Waals surface area (Å²) in [5.74, 6) is 2.27. The Balaban J connectivity index is 1.54. The third-order valence-electron chi connectivity index (χ3n) is 5.27. The van der Waals surface area contributed by atoms with Crippen molar-refractivity contribution in [2.24, 2.45) is 0 Å². The van der Waals surface area contributed by atoms with Gasteiger partial charge in [0, 0.05) is 23.2 Å². The summed E-state index contributed by atoms with van der Waals surface area (Å²) in [6.45, 7) is 1.95. The molecule has 0 amide bonds. The molecule has 2 aromatic carbocycles. The van der Waals surface area contributed by atoms with Crippen LogP contribution in [0, 0.1) is 6.92 Å². The van der Waals surface area contributed by atoms with E-state index in [1.54, 1.807) is 19.5 Å². The van der Waals surface area contributed by atoms with Gasteiger partial charge in [-0.1, -0.05) is 29.8 Å². The highest BCUT2D eigenvalue weighted by atomic mass is 35.5. The molecule has 2 heterocycles.